The van der Waals surface area contributed by atoms with Crippen LogP contribution in [0.1, 0.15) is 16.7 Å². The molecule has 3 aromatic rings. The van der Waals surface area contributed by atoms with Crippen LogP contribution in [0.4, 0.5) is 4.39 Å². The monoisotopic (exact) mass is 350 g/mol. The fraction of sp³-hybridized carbons (Fsp3) is 0.136. The van der Waals surface area contributed by atoms with E-state index in [1.165, 1.54) is 0 Å². The van der Waals surface area contributed by atoms with Crippen molar-refractivity contribution in [3.63, 3.8) is 0 Å². The number of hydrogen-bond donors (Lipinski definition) is 1. The van der Waals surface area contributed by atoms with Crippen molar-refractivity contribution in [3.05, 3.63) is 89.2 Å². The summed E-state index contributed by atoms with van der Waals surface area (Å²) in [5, 5.41) is 9.21. The lowest BCUT2D eigenvalue weighted by Crippen LogP contribution is -2.05. The van der Waals surface area contributed by atoms with E-state index < -0.39 is 5.97 Å². The van der Waals surface area contributed by atoms with E-state index in [1.54, 1.807) is 43.3 Å². The van der Waals surface area contributed by atoms with Gasteiger partial charge in [0, 0.05) is 11.1 Å². The van der Waals surface area contributed by atoms with Gasteiger partial charge in [-0.1, -0.05) is 54.6 Å². The molecule has 0 aliphatic carbocycles. The fourth-order valence-corrected chi connectivity index (χ4v) is 2.79. The molecule has 3 aromatic carbocycles. The normalized spacial score (nSPS) is 10.5. The van der Waals surface area contributed by atoms with Crippen molar-refractivity contribution in [3.8, 4) is 16.9 Å². The Morgan fingerprint density at radius 1 is 1.04 bits per heavy atom. The molecule has 0 radical (unpaired) electrons. The summed E-state index contributed by atoms with van der Waals surface area (Å²) in [6.45, 7) is 2.04. The van der Waals surface area contributed by atoms with Crippen LogP contribution in [0.15, 0.2) is 66.7 Å². The molecule has 3 nitrogen and oxygen atoms in total. The topological polar surface area (TPSA) is 46.5 Å². The van der Waals surface area contributed by atoms with Gasteiger partial charge in [-0.2, -0.15) is 0 Å². The van der Waals surface area contributed by atoms with Gasteiger partial charge in [0.25, 0.3) is 0 Å². The maximum atomic E-state index is 14.4. The molecule has 0 saturated heterocycles. The van der Waals surface area contributed by atoms with Crippen LogP contribution in [-0.4, -0.2) is 11.1 Å². The number of benzene rings is 3. The zero-order chi connectivity index (χ0) is 18.5. The first-order valence-corrected chi connectivity index (χ1v) is 8.31. The van der Waals surface area contributed by atoms with E-state index in [9.17, 15) is 14.3 Å². The van der Waals surface area contributed by atoms with Crippen LogP contribution in [0.3, 0.4) is 0 Å². The van der Waals surface area contributed by atoms with Gasteiger partial charge in [-0.15, -0.1) is 0 Å². The summed E-state index contributed by atoms with van der Waals surface area (Å²) in [7, 11) is 0. The Kier molecular flexibility index (Phi) is 5.32. The summed E-state index contributed by atoms with van der Waals surface area (Å²) in [5.41, 5.74) is 3.14. The van der Waals surface area contributed by atoms with Gasteiger partial charge in [0.2, 0.25) is 0 Å². The van der Waals surface area contributed by atoms with Gasteiger partial charge in [0.1, 0.15) is 18.2 Å². The lowest BCUT2D eigenvalue weighted by atomic mass is 9.99. The third-order valence-corrected chi connectivity index (χ3v) is 4.14. The Balaban J connectivity index is 1.92. The maximum absolute atomic E-state index is 14.4. The van der Waals surface area contributed by atoms with E-state index in [1.807, 2.05) is 30.3 Å². The number of hydrogen-bond acceptors (Lipinski definition) is 2. The minimum Gasteiger partial charge on any atom is -0.489 e. The maximum Gasteiger partial charge on any atom is 0.307 e. The summed E-state index contributed by atoms with van der Waals surface area (Å²) in [6.07, 6.45) is -0.189. The summed E-state index contributed by atoms with van der Waals surface area (Å²) in [6, 6.07) is 20.0. The van der Waals surface area contributed by atoms with Crippen LogP contribution in [0.5, 0.6) is 5.75 Å². The predicted molar refractivity (Wildman–Crippen MR) is 98.7 cm³/mol. The number of carboxylic acids is 1. The molecule has 0 heterocycles. The molecule has 1 N–H and O–H groups in total. The van der Waals surface area contributed by atoms with Crippen LogP contribution in [0, 0.1) is 12.7 Å². The van der Waals surface area contributed by atoms with Gasteiger partial charge in [-0.05, 0) is 35.7 Å². The number of carboxylic acid groups (broad SMARTS) is 1. The summed E-state index contributed by atoms with van der Waals surface area (Å²) >= 11 is 0. The molecule has 0 aromatic heterocycles. The van der Waals surface area contributed by atoms with Gasteiger partial charge in [-0.25, -0.2) is 4.39 Å². The Hall–Kier alpha value is -3.14. The second kappa shape index (κ2) is 7.83. The SMILES string of the molecule is Cc1cccc(-c2ccc(OCc3ccccc3)c(CC(=O)O)c2)c1F. The Morgan fingerprint density at radius 2 is 1.81 bits per heavy atom. The highest BCUT2D eigenvalue weighted by Gasteiger charge is 2.13. The first-order valence-electron chi connectivity index (χ1n) is 8.31. The fourth-order valence-electron chi connectivity index (χ4n) is 2.79. The number of rotatable bonds is 6. The van der Waals surface area contributed by atoms with E-state index >= 15 is 0 Å². The van der Waals surface area contributed by atoms with Crippen molar-refractivity contribution >= 4 is 5.97 Å². The summed E-state index contributed by atoms with van der Waals surface area (Å²) < 4.78 is 20.2. The van der Waals surface area contributed by atoms with Crippen molar-refractivity contribution in [1.82, 2.24) is 0 Å². The van der Waals surface area contributed by atoms with Gasteiger partial charge in [0.15, 0.2) is 0 Å². The molecule has 0 amide bonds. The average Bonchev–Trinajstić information content (AvgIpc) is 2.63. The zero-order valence-electron chi connectivity index (χ0n) is 14.4. The highest BCUT2D eigenvalue weighted by Crippen LogP contribution is 2.30. The van der Waals surface area contributed by atoms with Gasteiger partial charge >= 0.3 is 5.97 Å². The van der Waals surface area contributed by atoms with Gasteiger partial charge < -0.3 is 9.84 Å². The molecule has 3 rings (SSSR count). The number of aliphatic carboxylic acids is 1. The lowest BCUT2D eigenvalue weighted by molar-refractivity contribution is -0.136. The first-order chi connectivity index (χ1) is 12.5. The molecule has 0 spiro atoms. The van der Waals surface area contributed by atoms with Crippen molar-refractivity contribution in [2.45, 2.75) is 20.0 Å². The van der Waals surface area contributed by atoms with Crippen molar-refractivity contribution in [2.75, 3.05) is 0 Å². The van der Waals surface area contributed by atoms with Crippen LogP contribution < -0.4 is 4.74 Å². The number of carbonyl (C=O) groups is 1. The molecule has 0 saturated carbocycles. The van der Waals surface area contributed by atoms with Gasteiger partial charge in [0.05, 0.1) is 6.42 Å². The molecule has 0 aliphatic rings. The number of ether oxygens (including phenoxy) is 1. The number of aryl methyl sites for hydroxylation is 1. The molecule has 0 fully saturated rings. The minimum absolute atomic E-state index is 0.189. The summed E-state index contributed by atoms with van der Waals surface area (Å²) in [5.74, 6) is -0.767. The van der Waals surface area contributed by atoms with Crippen LogP contribution in [0.25, 0.3) is 11.1 Å². The van der Waals surface area contributed by atoms with Crippen molar-refractivity contribution in [1.29, 1.82) is 0 Å². The van der Waals surface area contributed by atoms with Crippen molar-refractivity contribution < 1.29 is 19.0 Å². The van der Waals surface area contributed by atoms with E-state index in [0.717, 1.165) is 5.56 Å². The van der Waals surface area contributed by atoms with E-state index in [-0.39, 0.29) is 12.2 Å². The average molecular weight is 350 g/mol. The zero-order valence-corrected chi connectivity index (χ0v) is 14.4. The molecular weight excluding hydrogens is 331 g/mol. The largest absolute Gasteiger partial charge is 0.489 e. The van der Waals surface area contributed by atoms with Gasteiger partial charge in [-0.3, -0.25) is 4.79 Å². The molecule has 0 unspecified atom stereocenters. The van der Waals surface area contributed by atoms with E-state index in [2.05, 4.69) is 0 Å². The standard InChI is InChI=1S/C22H19FO3/c1-15-6-5-9-19(22(15)23)17-10-11-20(18(12-17)13-21(24)25)26-14-16-7-3-2-4-8-16/h2-12H,13-14H2,1H3,(H,24,25). The molecule has 0 bridgehead atoms. The third-order valence-electron chi connectivity index (χ3n) is 4.14. The smallest absolute Gasteiger partial charge is 0.307 e. The Bertz CT molecular complexity index is 920. The molecule has 26 heavy (non-hydrogen) atoms. The molecule has 0 atom stereocenters. The second-order valence-corrected chi connectivity index (χ2v) is 6.10. The van der Waals surface area contributed by atoms with Crippen LogP contribution in [-0.2, 0) is 17.8 Å². The predicted octanol–water partition coefficient (Wildman–Crippen LogP) is 5.01. The quantitative estimate of drug-likeness (QED) is 0.680. The second-order valence-electron chi connectivity index (χ2n) is 6.10. The Labute approximate surface area is 151 Å². The van der Waals surface area contributed by atoms with Crippen LogP contribution in [0.2, 0.25) is 0 Å². The highest BCUT2D eigenvalue weighted by atomic mass is 19.1. The molecular formula is C22H19FO3. The first kappa shape index (κ1) is 17.7. The van der Waals surface area contributed by atoms with Crippen LogP contribution >= 0.6 is 0 Å². The molecule has 132 valence electrons. The summed E-state index contributed by atoms with van der Waals surface area (Å²) in [4.78, 5) is 11.2. The Morgan fingerprint density at radius 3 is 2.54 bits per heavy atom. The molecule has 4 heteroatoms. The van der Waals surface area contributed by atoms with E-state index in [0.29, 0.717) is 34.6 Å². The van der Waals surface area contributed by atoms with E-state index in [4.69, 9.17) is 4.74 Å². The van der Waals surface area contributed by atoms with Crippen molar-refractivity contribution in [2.24, 2.45) is 0 Å². The lowest BCUT2D eigenvalue weighted by Gasteiger charge is -2.13. The number of halogens is 1. The minimum atomic E-state index is -0.962. The highest BCUT2D eigenvalue weighted by molar-refractivity contribution is 5.74. The molecule has 0 aliphatic heterocycles. The third kappa shape index (κ3) is 4.09.